The highest BCUT2D eigenvalue weighted by atomic mass is 16.5. The van der Waals surface area contributed by atoms with Crippen LogP contribution in [0.1, 0.15) is 40.1 Å². The summed E-state index contributed by atoms with van der Waals surface area (Å²) in [5, 5.41) is 7.19. The predicted octanol–water partition coefficient (Wildman–Crippen LogP) is 2.68. The van der Waals surface area contributed by atoms with E-state index in [-0.39, 0.29) is 11.6 Å². The van der Waals surface area contributed by atoms with E-state index in [0.29, 0.717) is 0 Å². The number of benzene rings is 1. The first-order valence-corrected chi connectivity index (χ1v) is 8.59. The van der Waals surface area contributed by atoms with Gasteiger partial charge >= 0.3 is 0 Å². The Labute approximate surface area is 157 Å². The maximum absolute atomic E-state index is 12.5. The number of aromatic nitrogens is 3. The lowest BCUT2D eigenvalue weighted by Gasteiger charge is -2.12. The number of aromatic amines is 1. The van der Waals surface area contributed by atoms with E-state index < -0.39 is 11.5 Å². The van der Waals surface area contributed by atoms with Crippen LogP contribution in [0.15, 0.2) is 47.5 Å². The second-order valence-electron chi connectivity index (χ2n) is 6.43. The molecule has 0 aliphatic heterocycles. The number of carbonyl (C=O) groups excluding carboxylic acids is 1. The van der Waals surface area contributed by atoms with Crippen LogP contribution < -0.4 is 15.6 Å². The molecule has 0 saturated carbocycles. The molecule has 1 aromatic carbocycles. The molecule has 0 saturated heterocycles. The molecular formula is C20H22N4O3. The monoisotopic (exact) mass is 366 g/mol. The Kier molecular flexibility index (Phi) is 5.12. The molecule has 0 bridgehead atoms. The average molecular weight is 366 g/mol. The molecule has 0 unspecified atom stereocenters. The van der Waals surface area contributed by atoms with Gasteiger partial charge in [0.25, 0.3) is 11.5 Å². The number of H-pyrrole nitrogens is 1. The summed E-state index contributed by atoms with van der Waals surface area (Å²) in [4.78, 5) is 27.2. The fourth-order valence-electron chi connectivity index (χ4n) is 2.69. The SMILES string of the molecule is COc1ccc(-n2cc([C@H](C)NC(=O)c3cc(C)c(C)[nH]c3=O)cn2)cc1. The van der Waals surface area contributed by atoms with Crippen molar-refractivity contribution in [3.8, 4) is 11.4 Å². The van der Waals surface area contributed by atoms with Crippen molar-refractivity contribution in [1.82, 2.24) is 20.1 Å². The number of hydrogen-bond acceptors (Lipinski definition) is 4. The fourth-order valence-corrected chi connectivity index (χ4v) is 2.69. The minimum atomic E-state index is -0.413. The maximum Gasteiger partial charge on any atom is 0.261 e. The lowest BCUT2D eigenvalue weighted by Crippen LogP contribution is -2.32. The number of rotatable bonds is 5. The van der Waals surface area contributed by atoms with Crippen LogP contribution in [-0.4, -0.2) is 27.8 Å². The second kappa shape index (κ2) is 7.49. The Balaban J connectivity index is 1.76. The molecule has 0 aliphatic carbocycles. The fraction of sp³-hybridized carbons (Fsp3) is 0.250. The maximum atomic E-state index is 12.5. The Hall–Kier alpha value is -3.35. The first-order valence-electron chi connectivity index (χ1n) is 8.59. The summed E-state index contributed by atoms with van der Waals surface area (Å²) in [7, 11) is 1.62. The van der Waals surface area contributed by atoms with Crippen LogP contribution in [0.5, 0.6) is 5.75 Å². The normalized spacial score (nSPS) is 11.9. The van der Waals surface area contributed by atoms with E-state index in [0.717, 1.165) is 28.3 Å². The van der Waals surface area contributed by atoms with Crippen molar-refractivity contribution in [3.63, 3.8) is 0 Å². The first-order chi connectivity index (χ1) is 12.9. The quantitative estimate of drug-likeness (QED) is 0.727. The molecule has 0 aliphatic rings. The highest BCUT2D eigenvalue weighted by Crippen LogP contribution is 2.17. The van der Waals surface area contributed by atoms with Crippen molar-refractivity contribution >= 4 is 5.91 Å². The van der Waals surface area contributed by atoms with E-state index in [2.05, 4.69) is 15.4 Å². The lowest BCUT2D eigenvalue weighted by molar-refractivity contribution is 0.0938. The molecule has 7 nitrogen and oxygen atoms in total. The van der Waals surface area contributed by atoms with Crippen molar-refractivity contribution in [1.29, 1.82) is 0 Å². The van der Waals surface area contributed by atoms with Gasteiger partial charge in [0.1, 0.15) is 11.3 Å². The zero-order valence-electron chi connectivity index (χ0n) is 15.7. The second-order valence-corrected chi connectivity index (χ2v) is 6.43. The number of carbonyl (C=O) groups is 1. The zero-order chi connectivity index (χ0) is 19.6. The van der Waals surface area contributed by atoms with E-state index in [9.17, 15) is 9.59 Å². The van der Waals surface area contributed by atoms with Crippen LogP contribution in [0.25, 0.3) is 5.69 Å². The zero-order valence-corrected chi connectivity index (χ0v) is 15.7. The molecule has 2 heterocycles. The molecule has 1 amide bonds. The summed E-state index contributed by atoms with van der Waals surface area (Å²) >= 11 is 0. The van der Waals surface area contributed by atoms with Gasteiger partial charge in [0.15, 0.2) is 0 Å². The van der Waals surface area contributed by atoms with Gasteiger partial charge in [0.2, 0.25) is 0 Å². The summed E-state index contributed by atoms with van der Waals surface area (Å²) in [6, 6.07) is 8.81. The van der Waals surface area contributed by atoms with Crippen LogP contribution in [-0.2, 0) is 0 Å². The van der Waals surface area contributed by atoms with Crippen molar-refractivity contribution < 1.29 is 9.53 Å². The van der Waals surface area contributed by atoms with Gasteiger partial charge in [0.05, 0.1) is 25.0 Å². The van der Waals surface area contributed by atoms with Crippen molar-refractivity contribution in [2.75, 3.05) is 7.11 Å². The highest BCUT2D eigenvalue weighted by Gasteiger charge is 2.17. The smallest absolute Gasteiger partial charge is 0.261 e. The van der Waals surface area contributed by atoms with Crippen LogP contribution >= 0.6 is 0 Å². The topological polar surface area (TPSA) is 89.0 Å². The Morgan fingerprint density at radius 3 is 2.63 bits per heavy atom. The van der Waals surface area contributed by atoms with E-state index in [1.54, 1.807) is 31.0 Å². The van der Waals surface area contributed by atoms with Crippen molar-refractivity contribution in [3.05, 3.63) is 75.5 Å². The van der Waals surface area contributed by atoms with Gasteiger partial charge in [-0.25, -0.2) is 4.68 Å². The summed E-state index contributed by atoms with van der Waals surface area (Å²) in [5.74, 6) is 0.356. The van der Waals surface area contributed by atoms with Crippen LogP contribution in [0.2, 0.25) is 0 Å². The lowest BCUT2D eigenvalue weighted by atomic mass is 10.1. The van der Waals surface area contributed by atoms with Gasteiger partial charge in [-0.2, -0.15) is 5.10 Å². The number of amides is 1. The average Bonchev–Trinajstić information content (AvgIpc) is 3.15. The summed E-state index contributed by atoms with van der Waals surface area (Å²) in [6.45, 7) is 5.50. The number of nitrogens with zero attached hydrogens (tertiary/aromatic N) is 2. The van der Waals surface area contributed by atoms with E-state index >= 15 is 0 Å². The molecule has 2 aromatic heterocycles. The minimum Gasteiger partial charge on any atom is -0.497 e. The first kappa shape index (κ1) is 18.4. The van der Waals surface area contributed by atoms with E-state index in [1.807, 2.05) is 44.3 Å². The van der Waals surface area contributed by atoms with Crippen LogP contribution in [0.4, 0.5) is 0 Å². The number of methoxy groups -OCH3 is 1. The van der Waals surface area contributed by atoms with Gasteiger partial charge in [-0.05, 0) is 56.7 Å². The van der Waals surface area contributed by atoms with Gasteiger partial charge in [-0.3, -0.25) is 9.59 Å². The molecule has 0 radical (unpaired) electrons. The van der Waals surface area contributed by atoms with Gasteiger partial charge in [0, 0.05) is 17.5 Å². The molecule has 3 rings (SSSR count). The van der Waals surface area contributed by atoms with Crippen LogP contribution in [0, 0.1) is 13.8 Å². The van der Waals surface area contributed by atoms with Crippen molar-refractivity contribution in [2.24, 2.45) is 0 Å². The third kappa shape index (κ3) is 3.92. The number of hydrogen-bond donors (Lipinski definition) is 2. The molecule has 27 heavy (non-hydrogen) atoms. The van der Waals surface area contributed by atoms with E-state index in [1.165, 1.54) is 0 Å². The Bertz CT molecular complexity index is 1020. The third-order valence-electron chi connectivity index (χ3n) is 4.53. The van der Waals surface area contributed by atoms with E-state index in [4.69, 9.17) is 4.74 Å². The van der Waals surface area contributed by atoms with Crippen molar-refractivity contribution in [2.45, 2.75) is 26.8 Å². The molecule has 3 aromatic rings. The standard InChI is InChI=1S/C20H22N4O3/c1-12-9-18(19(25)22-13(12)2)20(26)23-14(3)15-10-21-24(11-15)16-5-7-17(27-4)8-6-16/h5-11,14H,1-4H3,(H,22,25)(H,23,26)/t14-/m0/s1. The largest absolute Gasteiger partial charge is 0.497 e. The molecule has 7 heteroatoms. The molecular weight excluding hydrogens is 344 g/mol. The number of ether oxygens (including phenoxy) is 1. The molecule has 0 spiro atoms. The Morgan fingerprint density at radius 1 is 1.26 bits per heavy atom. The summed E-state index contributed by atoms with van der Waals surface area (Å²) < 4.78 is 6.88. The molecule has 0 fully saturated rings. The molecule has 140 valence electrons. The minimum absolute atomic E-state index is 0.104. The highest BCUT2D eigenvalue weighted by molar-refractivity contribution is 5.94. The molecule has 1 atom stereocenters. The van der Waals surface area contributed by atoms with Gasteiger partial charge in [-0.15, -0.1) is 0 Å². The number of nitrogens with one attached hydrogen (secondary N) is 2. The number of aryl methyl sites for hydroxylation is 2. The summed E-state index contributed by atoms with van der Waals surface area (Å²) in [6.07, 6.45) is 3.54. The van der Waals surface area contributed by atoms with Gasteiger partial charge in [-0.1, -0.05) is 0 Å². The third-order valence-corrected chi connectivity index (χ3v) is 4.53. The molecule has 2 N–H and O–H groups in total. The Morgan fingerprint density at radius 2 is 1.96 bits per heavy atom. The van der Waals surface area contributed by atoms with Gasteiger partial charge < -0.3 is 15.0 Å². The number of pyridine rings is 1. The predicted molar refractivity (Wildman–Crippen MR) is 103 cm³/mol. The summed E-state index contributed by atoms with van der Waals surface area (Å²) in [5.41, 5.74) is 3.04. The van der Waals surface area contributed by atoms with Crippen LogP contribution in [0.3, 0.4) is 0 Å².